The van der Waals surface area contributed by atoms with E-state index in [0.29, 0.717) is 26.1 Å². The average molecular weight is 457 g/mol. The first-order valence-electron chi connectivity index (χ1n) is 10.1. The van der Waals surface area contributed by atoms with Crippen LogP contribution in [0.2, 0.25) is 0 Å². The monoisotopic (exact) mass is 457 g/mol. The standard InChI is InChI=1S/C17H27F2N3O2.C2HF3O2/c1-20(2)9-10-22-14(23)3-4-16(22)5-7-21(8-6-16)15(24)13-11-17(18,19)12-13;3-2(4,5)1(6)7/h13H,3-12H2,1-2H3;(H,6,7). The summed E-state index contributed by atoms with van der Waals surface area (Å²) in [6.07, 6.45) is -2.73. The summed E-state index contributed by atoms with van der Waals surface area (Å²) in [5, 5.41) is 7.12. The summed E-state index contributed by atoms with van der Waals surface area (Å²) in [5.41, 5.74) is -0.132. The number of carboxylic acids is 1. The maximum atomic E-state index is 13.0. The molecule has 3 fully saturated rings. The van der Waals surface area contributed by atoms with Gasteiger partial charge in [0.25, 0.3) is 0 Å². The van der Waals surface area contributed by atoms with Crippen molar-refractivity contribution in [2.75, 3.05) is 40.3 Å². The van der Waals surface area contributed by atoms with Crippen LogP contribution in [0.15, 0.2) is 0 Å². The fourth-order valence-corrected chi connectivity index (χ4v) is 4.29. The number of alkyl halides is 5. The van der Waals surface area contributed by atoms with Crippen LogP contribution in [0.25, 0.3) is 0 Å². The second-order valence-corrected chi connectivity index (χ2v) is 8.66. The topological polar surface area (TPSA) is 81.2 Å². The van der Waals surface area contributed by atoms with Crippen LogP contribution in [0.3, 0.4) is 0 Å². The van der Waals surface area contributed by atoms with Crippen LogP contribution in [-0.4, -0.2) is 95.5 Å². The van der Waals surface area contributed by atoms with E-state index in [9.17, 15) is 31.5 Å². The molecule has 0 radical (unpaired) electrons. The predicted octanol–water partition coefficient (Wildman–Crippen LogP) is 2.21. The third-order valence-corrected chi connectivity index (χ3v) is 6.14. The predicted molar refractivity (Wildman–Crippen MR) is 99.4 cm³/mol. The van der Waals surface area contributed by atoms with Crippen LogP contribution < -0.4 is 0 Å². The highest BCUT2D eigenvalue weighted by atomic mass is 19.4. The van der Waals surface area contributed by atoms with Crippen molar-refractivity contribution in [2.45, 2.75) is 56.2 Å². The minimum Gasteiger partial charge on any atom is -0.475 e. The van der Waals surface area contributed by atoms with Gasteiger partial charge in [0.2, 0.25) is 17.7 Å². The molecule has 178 valence electrons. The summed E-state index contributed by atoms with van der Waals surface area (Å²) in [6, 6.07) is 0. The Morgan fingerprint density at radius 3 is 2.06 bits per heavy atom. The van der Waals surface area contributed by atoms with Crippen molar-refractivity contribution in [3.63, 3.8) is 0 Å². The Hall–Kier alpha value is -1.98. The molecule has 12 heteroatoms. The van der Waals surface area contributed by atoms with Gasteiger partial charge in [-0.2, -0.15) is 13.2 Å². The van der Waals surface area contributed by atoms with Crippen molar-refractivity contribution in [3.05, 3.63) is 0 Å². The zero-order valence-electron chi connectivity index (χ0n) is 17.6. The van der Waals surface area contributed by atoms with Gasteiger partial charge in [0.1, 0.15) is 0 Å². The molecule has 3 rings (SSSR count). The number of likely N-dealkylation sites (N-methyl/N-ethyl adjacent to an activating group) is 1. The van der Waals surface area contributed by atoms with Crippen molar-refractivity contribution in [1.82, 2.24) is 14.7 Å². The summed E-state index contributed by atoms with van der Waals surface area (Å²) in [7, 11) is 3.98. The van der Waals surface area contributed by atoms with Crippen molar-refractivity contribution in [3.8, 4) is 0 Å². The van der Waals surface area contributed by atoms with Gasteiger partial charge in [-0.15, -0.1) is 0 Å². The van der Waals surface area contributed by atoms with Gasteiger partial charge in [0.15, 0.2) is 0 Å². The molecular formula is C19H28F5N3O4. The largest absolute Gasteiger partial charge is 0.490 e. The molecule has 0 bridgehead atoms. The van der Waals surface area contributed by atoms with E-state index in [4.69, 9.17) is 9.90 Å². The van der Waals surface area contributed by atoms with E-state index in [1.54, 1.807) is 4.90 Å². The average Bonchev–Trinajstić information content (AvgIpc) is 2.93. The first-order valence-corrected chi connectivity index (χ1v) is 10.1. The van der Waals surface area contributed by atoms with Gasteiger partial charge in [0, 0.05) is 56.9 Å². The van der Waals surface area contributed by atoms with Crippen LogP contribution in [0.4, 0.5) is 22.0 Å². The molecule has 0 unspecified atom stereocenters. The lowest BCUT2D eigenvalue weighted by atomic mass is 9.79. The quantitative estimate of drug-likeness (QED) is 0.655. The first kappa shape index (κ1) is 25.3. The molecule has 0 atom stereocenters. The van der Waals surface area contributed by atoms with E-state index >= 15 is 0 Å². The third-order valence-electron chi connectivity index (χ3n) is 6.14. The van der Waals surface area contributed by atoms with Gasteiger partial charge < -0.3 is 19.8 Å². The number of carbonyl (C=O) groups excluding carboxylic acids is 2. The molecular weight excluding hydrogens is 429 g/mol. The summed E-state index contributed by atoms with van der Waals surface area (Å²) < 4.78 is 57.7. The zero-order valence-corrected chi connectivity index (χ0v) is 17.6. The number of piperidine rings is 1. The fraction of sp³-hybridized carbons (Fsp3) is 0.842. The molecule has 1 aliphatic carbocycles. The number of hydrogen-bond acceptors (Lipinski definition) is 4. The molecule has 2 saturated heterocycles. The molecule has 2 heterocycles. The molecule has 2 amide bonds. The molecule has 2 aliphatic heterocycles. The molecule has 1 saturated carbocycles. The highest BCUT2D eigenvalue weighted by Crippen LogP contribution is 2.44. The van der Waals surface area contributed by atoms with Gasteiger partial charge in [0.05, 0.1) is 0 Å². The minimum atomic E-state index is -5.08. The Labute approximate surface area is 177 Å². The normalized spacial score (nSPS) is 22.9. The number of carboxylic acid groups (broad SMARTS) is 1. The van der Waals surface area contributed by atoms with Crippen molar-refractivity contribution in [1.29, 1.82) is 0 Å². The van der Waals surface area contributed by atoms with E-state index in [0.717, 1.165) is 25.8 Å². The van der Waals surface area contributed by atoms with Crippen LogP contribution in [0.1, 0.15) is 38.5 Å². The fourth-order valence-electron chi connectivity index (χ4n) is 4.29. The molecule has 0 aromatic carbocycles. The summed E-state index contributed by atoms with van der Waals surface area (Å²) in [5.74, 6) is -5.84. The number of halogens is 5. The number of aliphatic carboxylic acids is 1. The van der Waals surface area contributed by atoms with Gasteiger partial charge in [-0.05, 0) is 33.4 Å². The Morgan fingerprint density at radius 2 is 1.65 bits per heavy atom. The van der Waals surface area contributed by atoms with Gasteiger partial charge in [-0.1, -0.05) is 0 Å². The van der Waals surface area contributed by atoms with Crippen LogP contribution in [-0.2, 0) is 14.4 Å². The molecule has 0 aromatic heterocycles. The Morgan fingerprint density at radius 1 is 1.13 bits per heavy atom. The summed E-state index contributed by atoms with van der Waals surface area (Å²) in [4.78, 5) is 39.3. The maximum absolute atomic E-state index is 13.0. The van der Waals surface area contributed by atoms with Gasteiger partial charge >= 0.3 is 12.1 Å². The number of nitrogens with zero attached hydrogens (tertiary/aromatic N) is 3. The SMILES string of the molecule is CN(C)CCN1C(=O)CCC12CCN(C(=O)C1CC(F)(F)C1)CC2.O=C(O)C(F)(F)F. The van der Waals surface area contributed by atoms with Crippen molar-refractivity contribution >= 4 is 17.8 Å². The summed E-state index contributed by atoms with van der Waals surface area (Å²) in [6.45, 7) is 2.70. The molecule has 1 N–H and O–H groups in total. The Kier molecular flexibility index (Phi) is 7.55. The van der Waals surface area contributed by atoms with Crippen molar-refractivity contribution in [2.24, 2.45) is 5.92 Å². The molecule has 0 aromatic rings. The maximum Gasteiger partial charge on any atom is 0.490 e. The van der Waals surface area contributed by atoms with E-state index < -0.39 is 24.0 Å². The van der Waals surface area contributed by atoms with Gasteiger partial charge in [-0.25, -0.2) is 13.6 Å². The van der Waals surface area contributed by atoms with Gasteiger partial charge in [-0.3, -0.25) is 9.59 Å². The second kappa shape index (κ2) is 9.25. The zero-order chi connectivity index (χ0) is 23.6. The molecule has 3 aliphatic rings. The Bertz CT molecular complexity index is 683. The number of likely N-dealkylation sites (tertiary alicyclic amines) is 2. The third kappa shape index (κ3) is 6.27. The highest BCUT2D eigenvalue weighted by molar-refractivity contribution is 5.81. The van der Waals surface area contributed by atoms with E-state index in [1.165, 1.54) is 0 Å². The first-order chi connectivity index (χ1) is 14.2. The highest BCUT2D eigenvalue weighted by Gasteiger charge is 2.52. The number of rotatable bonds is 4. The number of hydrogen-bond donors (Lipinski definition) is 1. The lowest BCUT2D eigenvalue weighted by molar-refractivity contribution is -0.192. The number of amides is 2. The molecule has 7 nitrogen and oxygen atoms in total. The number of carbonyl (C=O) groups is 3. The van der Waals surface area contributed by atoms with E-state index in [2.05, 4.69) is 4.90 Å². The van der Waals surface area contributed by atoms with E-state index in [-0.39, 0.29) is 30.2 Å². The van der Waals surface area contributed by atoms with E-state index in [1.807, 2.05) is 19.0 Å². The lowest BCUT2D eigenvalue weighted by Gasteiger charge is -2.47. The lowest BCUT2D eigenvalue weighted by Crippen LogP contribution is -2.57. The van der Waals surface area contributed by atoms with Crippen LogP contribution >= 0.6 is 0 Å². The van der Waals surface area contributed by atoms with Crippen LogP contribution in [0, 0.1) is 5.92 Å². The second-order valence-electron chi connectivity index (χ2n) is 8.66. The van der Waals surface area contributed by atoms with Crippen molar-refractivity contribution < 1.29 is 41.4 Å². The molecule has 31 heavy (non-hydrogen) atoms. The summed E-state index contributed by atoms with van der Waals surface area (Å²) >= 11 is 0. The minimum absolute atomic E-state index is 0.125. The molecule has 1 spiro atoms. The smallest absolute Gasteiger partial charge is 0.475 e. The van der Waals surface area contributed by atoms with Crippen LogP contribution in [0.5, 0.6) is 0 Å². The Balaban J connectivity index is 0.000000423.